The smallest absolute Gasteiger partial charge is 0.326 e. The first-order chi connectivity index (χ1) is 15.7. The minimum absolute atomic E-state index is 0.0791. The Bertz CT molecular complexity index is 1060. The average molecular weight is 449 g/mol. The van der Waals surface area contributed by atoms with Crippen molar-refractivity contribution in [1.29, 1.82) is 0 Å². The van der Waals surface area contributed by atoms with E-state index in [0.29, 0.717) is 29.1 Å². The first-order valence-corrected chi connectivity index (χ1v) is 12.9. The van der Waals surface area contributed by atoms with E-state index >= 15 is 0 Å². The van der Waals surface area contributed by atoms with Crippen molar-refractivity contribution in [3.63, 3.8) is 0 Å². The number of allylic oxidation sites excluding steroid dienone is 1. The van der Waals surface area contributed by atoms with Gasteiger partial charge >= 0.3 is 11.9 Å². The van der Waals surface area contributed by atoms with Gasteiger partial charge in [0.2, 0.25) is 0 Å². The Morgan fingerprint density at radius 1 is 1.12 bits per heavy atom. The topological polar surface area (TPSA) is 52.6 Å². The zero-order valence-corrected chi connectivity index (χ0v) is 20.4. The third-order valence-corrected chi connectivity index (χ3v) is 10.7. The molecule has 3 saturated carbocycles. The molecular weight excluding hydrogens is 412 g/mol. The minimum atomic E-state index is -0.644. The van der Waals surface area contributed by atoms with Gasteiger partial charge < -0.3 is 9.47 Å². The molecule has 1 aromatic rings. The monoisotopic (exact) mass is 448 g/mol. The van der Waals surface area contributed by atoms with Gasteiger partial charge in [0.05, 0.1) is 0 Å². The summed E-state index contributed by atoms with van der Waals surface area (Å²) in [5, 5.41) is 0. The van der Waals surface area contributed by atoms with Gasteiger partial charge in [-0.2, -0.15) is 0 Å². The molecule has 4 nitrogen and oxygen atoms in total. The van der Waals surface area contributed by atoms with Gasteiger partial charge in [-0.05, 0) is 92.4 Å². The molecule has 5 aliphatic rings. The molecule has 0 radical (unpaired) electrons. The molecular formula is C29H36O4. The predicted molar refractivity (Wildman–Crippen MR) is 126 cm³/mol. The lowest BCUT2D eigenvalue weighted by Crippen LogP contribution is -2.57. The SMILES string of the molecule is CC(=O)O[C@@H]1CC[C@@]2(C)[C@@H](CC[C@@H]3[C@@H]2CC[C@@]2(C)[C@H]3C=CC23C(=O)Oc2ccc(C)cc23)C1. The lowest BCUT2D eigenvalue weighted by Gasteiger charge is -2.61. The first-order valence-electron chi connectivity index (χ1n) is 12.9. The molecule has 1 spiro atoms. The maximum atomic E-state index is 13.5. The van der Waals surface area contributed by atoms with Crippen LogP contribution in [0.4, 0.5) is 0 Å². The Balaban J connectivity index is 1.32. The van der Waals surface area contributed by atoms with Crippen LogP contribution < -0.4 is 4.74 Å². The Morgan fingerprint density at radius 3 is 2.73 bits per heavy atom. The number of hydrogen-bond donors (Lipinski definition) is 0. The molecule has 33 heavy (non-hydrogen) atoms. The van der Waals surface area contributed by atoms with Crippen LogP contribution in [0.15, 0.2) is 30.4 Å². The first kappa shape index (κ1) is 21.4. The van der Waals surface area contributed by atoms with Crippen molar-refractivity contribution < 1.29 is 19.1 Å². The number of fused-ring (bicyclic) bond motifs is 8. The molecule has 0 aromatic heterocycles. The third-order valence-electron chi connectivity index (χ3n) is 10.7. The van der Waals surface area contributed by atoms with E-state index in [-0.39, 0.29) is 23.5 Å². The molecule has 0 saturated heterocycles. The fourth-order valence-corrected chi connectivity index (χ4v) is 9.09. The Kier molecular flexibility index (Phi) is 4.52. The van der Waals surface area contributed by atoms with Crippen LogP contribution in [0.5, 0.6) is 5.75 Å². The lowest BCUT2D eigenvalue weighted by atomic mass is 9.43. The van der Waals surface area contributed by atoms with Gasteiger partial charge in [0.1, 0.15) is 17.3 Å². The predicted octanol–water partition coefficient (Wildman–Crippen LogP) is 5.90. The number of ether oxygens (including phenoxy) is 2. The van der Waals surface area contributed by atoms with E-state index in [9.17, 15) is 9.59 Å². The molecule has 6 rings (SSSR count). The van der Waals surface area contributed by atoms with Gasteiger partial charge in [0.15, 0.2) is 0 Å². The molecule has 0 amide bonds. The molecule has 1 heterocycles. The second kappa shape index (κ2) is 6.96. The van der Waals surface area contributed by atoms with Crippen LogP contribution in [0.25, 0.3) is 0 Å². The molecule has 1 aliphatic heterocycles. The highest BCUT2D eigenvalue weighted by Gasteiger charge is 2.68. The summed E-state index contributed by atoms with van der Waals surface area (Å²) in [6.07, 6.45) is 12.5. The van der Waals surface area contributed by atoms with Crippen LogP contribution >= 0.6 is 0 Å². The molecule has 4 aliphatic carbocycles. The molecule has 1 unspecified atom stereocenters. The van der Waals surface area contributed by atoms with Crippen molar-refractivity contribution in [2.45, 2.75) is 84.2 Å². The van der Waals surface area contributed by atoms with Crippen molar-refractivity contribution in [1.82, 2.24) is 0 Å². The van der Waals surface area contributed by atoms with E-state index in [1.807, 2.05) is 12.1 Å². The summed E-state index contributed by atoms with van der Waals surface area (Å²) in [5.74, 6) is 2.82. The molecule has 0 N–H and O–H groups in total. The normalized spacial score (nSPS) is 45.1. The number of benzene rings is 1. The number of aryl methyl sites for hydroxylation is 1. The van der Waals surface area contributed by atoms with Crippen molar-refractivity contribution in [2.75, 3.05) is 0 Å². The quantitative estimate of drug-likeness (QED) is 0.305. The van der Waals surface area contributed by atoms with Crippen molar-refractivity contribution in [3.8, 4) is 5.75 Å². The minimum Gasteiger partial charge on any atom is -0.463 e. The Morgan fingerprint density at radius 2 is 1.94 bits per heavy atom. The average Bonchev–Trinajstić information content (AvgIpc) is 3.23. The number of hydrogen-bond acceptors (Lipinski definition) is 4. The van der Waals surface area contributed by atoms with E-state index in [4.69, 9.17) is 9.47 Å². The lowest BCUT2D eigenvalue weighted by molar-refractivity contribution is -0.162. The highest BCUT2D eigenvalue weighted by Crippen LogP contribution is 2.70. The summed E-state index contributed by atoms with van der Waals surface area (Å²) < 4.78 is 11.5. The largest absolute Gasteiger partial charge is 0.463 e. The summed E-state index contributed by atoms with van der Waals surface area (Å²) in [5.41, 5.74) is 1.78. The van der Waals surface area contributed by atoms with Crippen LogP contribution in [0.2, 0.25) is 0 Å². The summed E-state index contributed by atoms with van der Waals surface area (Å²) in [6.45, 7) is 8.50. The maximum absolute atomic E-state index is 13.5. The van der Waals surface area contributed by atoms with Crippen molar-refractivity contribution in [2.24, 2.45) is 34.5 Å². The van der Waals surface area contributed by atoms with E-state index < -0.39 is 5.41 Å². The van der Waals surface area contributed by atoms with Gasteiger partial charge in [-0.15, -0.1) is 0 Å². The highest BCUT2D eigenvalue weighted by molar-refractivity contribution is 5.95. The number of rotatable bonds is 1. The summed E-state index contributed by atoms with van der Waals surface area (Å²) >= 11 is 0. The van der Waals surface area contributed by atoms with Crippen LogP contribution in [-0.4, -0.2) is 18.0 Å². The molecule has 0 bridgehead atoms. The van der Waals surface area contributed by atoms with E-state index in [1.165, 1.54) is 31.7 Å². The Hall–Kier alpha value is -2.10. The fourth-order valence-electron chi connectivity index (χ4n) is 9.09. The zero-order valence-electron chi connectivity index (χ0n) is 20.4. The summed E-state index contributed by atoms with van der Waals surface area (Å²) in [4.78, 5) is 25.0. The summed E-state index contributed by atoms with van der Waals surface area (Å²) in [6, 6.07) is 6.19. The number of carbonyl (C=O) groups excluding carboxylic acids is 2. The van der Waals surface area contributed by atoms with Gasteiger partial charge in [0, 0.05) is 12.5 Å². The molecule has 8 atom stereocenters. The second-order valence-electron chi connectivity index (χ2n) is 12.1. The van der Waals surface area contributed by atoms with Crippen molar-refractivity contribution in [3.05, 3.63) is 41.5 Å². The van der Waals surface area contributed by atoms with Gasteiger partial charge in [-0.1, -0.05) is 43.7 Å². The highest BCUT2D eigenvalue weighted by atomic mass is 16.5. The van der Waals surface area contributed by atoms with Crippen LogP contribution in [0.1, 0.15) is 76.8 Å². The van der Waals surface area contributed by atoms with E-state index in [2.05, 4.69) is 39.0 Å². The van der Waals surface area contributed by atoms with E-state index in [0.717, 1.165) is 37.0 Å². The molecule has 3 fully saturated rings. The van der Waals surface area contributed by atoms with Gasteiger partial charge in [0.25, 0.3) is 0 Å². The standard InChI is InChI=1S/C29H36O4/c1-17-5-8-25-24(15-17)29(26(31)33-25)14-11-23-21-7-6-19-16-20(32-18(2)30)9-12-27(19,3)22(21)10-13-28(23,29)4/h5,8,11,14-15,19-23H,6-7,9-10,12-13,16H2,1-4H3/t19-,20+,21+,22-,23-,27-,28-,29?/m0/s1. The summed E-state index contributed by atoms with van der Waals surface area (Å²) in [7, 11) is 0. The van der Waals surface area contributed by atoms with Crippen LogP contribution in [0.3, 0.4) is 0 Å². The molecule has 4 heteroatoms. The van der Waals surface area contributed by atoms with E-state index in [1.54, 1.807) is 0 Å². The van der Waals surface area contributed by atoms with Crippen LogP contribution in [0, 0.1) is 41.4 Å². The zero-order chi connectivity index (χ0) is 23.2. The Labute approximate surface area is 197 Å². The molecule has 176 valence electrons. The fraction of sp³-hybridized carbons (Fsp3) is 0.655. The second-order valence-corrected chi connectivity index (χ2v) is 12.1. The third kappa shape index (κ3) is 2.70. The maximum Gasteiger partial charge on any atom is 0.326 e. The van der Waals surface area contributed by atoms with Crippen LogP contribution in [-0.2, 0) is 19.7 Å². The number of esters is 2. The van der Waals surface area contributed by atoms with Crippen molar-refractivity contribution >= 4 is 11.9 Å². The van der Waals surface area contributed by atoms with Gasteiger partial charge in [-0.25, -0.2) is 0 Å². The van der Waals surface area contributed by atoms with Gasteiger partial charge in [-0.3, -0.25) is 9.59 Å². The number of carbonyl (C=O) groups is 2. The molecule has 1 aromatic carbocycles.